The van der Waals surface area contributed by atoms with Crippen molar-refractivity contribution in [1.82, 2.24) is 10.3 Å². The number of rotatable bonds is 7. The molecule has 0 fully saturated rings. The molecule has 0 unspecified atom stereocenters. The zero-order valence-electron chi connectivity index (χ0n) is 8.97. The lowest BCUT2D eigenvalue weighted by atomic mass is 10.1. The number of nitrogens with one attached hydrogen (secondary N) is 2. The minimum atomic E-state index is 0.843. The molecule has 1 rings (SSSR count). The molecule has 0 amide bonds. The van der Waals surface area contributed by atoms with E-state index in [-0.39, 0.29) is 0 Å². The molecule has 4 N–H and O–H groups in total. The topological polar surface area (TPSA) is 53.8 Å². The zero-order chi connectivity index (χ0) is 10.2. The van der Waals surface area contributed by atoms with E-state index in [0.717, 1.165) is 18.7 Å². The Bertz CT molecular complexity index is 242. The molecule has 0 bridgehead atoms. The standard InChI is InChI=1S/C11H21N3/c1-13-7-5-3-2-4-6-11-8-10(12)9-14-11/h8-9,13-14H,2-7,12H2,1H3. The van der Waals surface area contributed by atoms with Crippen LogP contribution in [0, 0.1) is 0 Å². The summed E-state index contributed by atoms with van der Waals surface area (Å²) < 4.78 is 0. The molecule has 0 aliphatic carbocycles. The van der Waals surface area contributed by atoms with E-state index in [9.17, 15) is 0 Å². The third-order valence-electron chi connectivity index (χ3n) is 2.39. The van der Waals surface area contributed by atoms with Gasteiger partial charge in [0.05, 0.1) is 0 Å². The molecule has 0 saturated heterocycles. The smallest absolute Gasteiger partial charge is 0.0494 e. The van der Waals surface area contributed by atoms with Gasteiger partial charge in [0, 0.05) is 17.6 Å². The third kappa shape index (κ3) is 4.33. The number of anilines is 1. The fraction of sp³-hybridized carbons (Fsp3) is 0.636. The van der Waals surface area contributed by atoms with Crippen molar-refractivity contribution in [3.63, 3.8) is 0 Å². The maximum absolute atomic E-state index is 5.61. The van der Waals surface area contributed by atoms with E-state index < -0.39 is 0 Å². The summed E-state index contributed by atoms with van der Waals surface area (Å²) in [5.74, 6) is 0. The number of hydrogen-bond acceptors (Lipinski definition) is 2. The number of aromatic amines is 1. The predicted octanol–water partition coefficient (Wildman–Crippen LogP) is 1.92. The van der Waals surface area contributed by atoms with Crippen molar-refractivity contribution < 1.29 is 0 Å². The summed E-state index contributed by atoms with van der Waals surface area (Å²) in [4.78, 5) is 3.17. The largest absolute Gasteiger partial charge is 0.397 e. The lowest BCUT2D eigenvalue weighted by Crippen LogP contribution is -2.06. The number of nitrogen functional groups attached to an aromatic ring is 1. The molecule has 0 spiro atoms. The molecule has 0 saturated carbocycles. The molecule has 80 valence electrons. The van der Waals surface area contributed by atoms with Gasteiger partial charge in [0.15, 0.2) is 0 Å². The molecule has 14 heavy (non-hydrogen) atoms. The van der Waals surface area contributed by atoms with Crippen LogP contribution in [0.25, 0.3) is 0 Å². The van der Waals surface area contributed by atoms with Crippen LogP contribution >= 0.6 is 0 Å². The monoisotopic (exact) mass is 195 g/mol. The van der Waals surface area contributed by atoms with Crippen LogP contribution in [0.5, 0.6) is 0 Å². The van der Waals surface area contributed by atoms with Crippen LogP contribution in [0.4, 0.5) is 5.69 Å². The van der Waals surface area contributed by atoms with Crippen molar-refractivity contribution in [3.8, 4) is 0 Å². The average Bonchev–Trinajstić information content (AvgIpc) is 2.58. The summed E-state index contributed by atoms with van der Waals surface area (Å²) >= 11 is 0. The second kappa shape index (κ2) is 6.49. The number of aromatic nitrogens is 1. The number of nitrogens with two attached hydrogens (primary N) is 1. The molecular formula is C11H21N3. The highest BCUT2D eigenvalue weighted by Crippen LogP contribution is 2.09. The second-order valence-corrected chi connectivity index (χ2v) is 3.73. The highest BCUT2D eigenvalue weighted by molar-refractivity contribution is 5.37. The van der Waals surface area contributed by atoms with Gasteiger partial charge in [-0.3, -0.25) is 0 Å². The van der Waals surface area contributed by atoms with Crippen LogP contribution in [0.2, 0.25) is 0 Å². The van der Waals surface area contributed by atoms with Gasteiger partial charge in [-0.15, -0.1) is 0 Å². The van der Waals surface area contributed by atoms with Crippen molar-refractivity contribution in [2.45, 2.75) is 32.1 Å². The van der Waals surface area contributed by atoms with E-state index in [1.807, 2.05) is 19.3 Å². The molecule has 1 heterocycles. The first-order valence-electron chi connectivity index (χ1n) is 5.40. The molecule has 3 nitrogen and oxygen atoms in total. The summed E-state index contributed by atoms with van der Waals surface area (Å²) in [7, 11) is 2.00. The summed E-state index contributed by atoms with van der Waals surface area (Å²) in [5.41, 5.74) is 7.71. The molecule has 3 heteroatoms. The summed E-state index contributed by atoms with van der Waals surface area (Å²) in [6, 6.07) is 2.02. The fourth-order valence-electron chi connectivity index (χ4n) is 1.58. The quantitative estimate of drug-likeness (QED) is 0.582. The first-order valence-corrected chi connectivity index (χ1v) is 5.40. The van der Waals surface area contributed by atoms with Crippen molar-refractivity contribution in [3.05, 3.63) is 18.0 Å². The average molecular weight is 195 g/mol. The van der Waals surface area contributed by atoms with Crippen LogP contribution in [-0.2, 0) is 6.42 Å². The minimum absolute atomic E-state index is 0.843. The summed E-state index contributed by atoms with van der Waals surface area (Å²) in [6.07, 6.45) is 8.14. The van der Waals surface area contributed by atoms with Gasteiger partial charge in [0.1, 0.15) is 0 Å². The molecule has 0 aromatic carbocycles. The summed E-state index contributed by atoms with van der Waals surface area (Å²) in [5, 5.41) is 3.16. The molecule has 0 aliphatic rings. The maximum Gasteiger partial charge on any atom is 0.0494 e. The van der Waals surface area contributed by atoms with Crippen molar-refractivity contribution in [2.24, 2.45) is 0 Å². The minimum Gasteiger partial charge on any atom is -0.397 e. The van der Waals surface area contributed by atoms with Gasteiger partial charge < -0.3 is 16.0 Å². The Kier molecular flexibility index (Phi) is 5.15. The maximum atomic E-state index is 5.61. The van der Waals surface area contributed by atoms with Crippen LogP contribution in [0.3, 0.4) is 0 Å². The Morgan fingerprint density at radius 1 is 1.29 bits per heavy atom. The molecule has 0 radical (unpaired) electrons. The highest BCUT2D eigenvalue weighted by Gasteiger charge is 1.95. The van der Waals surface area contributed by atoms with Gasteiger partial charge in [0.2, 0.25) is 0 Å². The van der Waals surface area contributed by atoms with Gasteiger partial charge in [-0.25, -0.2) is 0 Å². The molecule has 0 aliphatic heterocycles. The zero-order valence-corrected chi connectivity index (χ0v) is 8.97. The number of H-pyrrole nitrogens is 1. The van der Waals surface area contributed by atoms with E-state index in [1.54, 1.807) is 0 Å². The predicted molar refractivity (Wildman–Crippen MR) is 61.3 cm³/mol. The second-order valence-electron chi connectivity index (χ2n) is 3.73. The Morgan fingerprint density at radius 3 is 2.71 bits per heavy atom. The van der Waals surface area contributed by atoms with Gasteiger partial charge in [-0.2, -0.15) is 0 Å². The van der Waals surface area contributed by atoms with Crippen molar-refractivity contribution >= 4 is 5.69 Å². The number of aryl methyl sites for hydroxylation is 1. The van der Waals surface area contributed by atoms with E-state index in [4.69, 9.17) is 5.73 Å². The lowest BCUT2D eigenvalue weighted by Gasteiger charge is -2.00. The van der Waals surface area contributed by atoms with Gasteiger partial charge in [-0.1, -0.05) is 12.8 Å². The summed E-state index contributed by atoms with van der Waals surface area (Å²) in [6.45, 7) is 1.13. The van der Waals surface area contributed by atoms with E-state index >= 15 is 0 Å². The molecule has 1 aromatic heterocycles. The van der Waals surface area contributed by atoms with E-state index in [2.05, 4.69) is 10.3 Å². The molecule has 0 atom stereocenters. The SMILES string of the molecule is CNCCCCCCc1cc(N)c[nH]1. The number of hydrogen-bond donors (Lipinski definition) is 3. The van der Waals surface area contributed by atoms with Gasteiger partial charge in [-0.05, 0) is 38.9 Å². The van der Waals surface area contributed by atoms with Gasteiger partial charge in [0.25, 0.3) is 0 Å². The van der Waals surface area contributed by atoms with Gasteiger partial charge >= 0.3 is 0 Å². The Hall–Kier alpha value is -0.960. The molecular weight excluding hydrogens is 174 g/mol. The Morgan fingerprint density at radius 2 is 2.07 bits per heavy atom. The van der Waals surface area contributed by atoms with Crippen molar-refractivity contribution in [2.75, 3.05) is 19.3 Å². The number of unbranched alkanes of at least 4 members (excludes halogenated alkanes) is 3. The first kappa shape index (κ1) is 11.1. The Labute approximate surface area is 86.1 Å². The molecule has 1 aromatic rings. The Balaban J connectivity index is 1.99. The highest BCUT2D eigenvalue weighted by atomic mass is 14.8. The van der Waals surface area contributed by atoms with Crippen LogP contribution < -0.4 is 11.1 Å². The normalized spacial score (nSPS) is 10.6. The van der Waals surface area contributed by atoms with E-state index in [1.165, 1.54) is 31.4 Å². The first-order chi connectivity index (χ1) is 6.83. The lowest BCUT2D eigenvalue weighted by molar-refractivity contribution is 0.614. The van der Waals surface area contributed by atoms with Crippen LogP contribution in [0.15, 0.2) is 12.3 Å². The van der Waals surface area contributed by atoms with E-state index in [0.29, 0.717) is 0 Å². The van der Waals surface area contributed by atoms with Crippen LogP contribution in [-0.4, -0.2) is 18.6 Å². The fourth-order valence-corrected chi connectivity index (χ4v) is 1.58. The third-order valence-corrected chi connectivity index (χ3v) is 2.39. The van der Waals surface area contributed by atoms with Crippen molar-refractivity contribution in [1.29, 1.82) is 0 Å². The van der Waals surface area contributed by atoms with Crippen LogP contribution in [0.1, 0.15) is 31.4 Å².